The number of thiazole rings is 1. The van der Waals surface area contributed by atoms with Gasteiger partial charge in [-0.05, 0) is 63.1 Å². The lowest BCUT2D eigenvalue weighted by Gasteiger charge is -2.26. The van der Waals surface area contributed by atoms with Crippen molar-refractivity contribution < 1.29 is 13.5 Å². The monoisotopic (exact) mass is 470 g/mol. The van der Waals surface area contributed by atoms with Crippen LogP contribution in [0.5, 0.6) is 0 Å². The Morgan fingerprint density at radius 2 is 1.69 bits per heavy atom. The van der Waals surface area contributed by atoms with Crippen LogP contribution in [-0.2, 0) is 22.7 Å². The molecule has 0 saturated heterocycles. The van der Waals surface area contributed by atoms with Crippen LogP contribution in [0.3, 0.4) is 0 Å². The lowest BCUT2D eigenvalue weighted by atomic mass is 9.93. The van der Waals surface area contributed by atoms with Gasteiger partial charge in [0.15, 0.2) is 5.13 Å². The molecule has 3 aromatic rings. The largest absolute Gasteiger partial charge is 0.393 e. The van der Waals surface area contributed by atoms with Crippen LogP contribution in [-0.4, -0.2) is 35.6 Å². The second-order valence-corrected chi connectivity index (χ2v) is 11.4. The molecule has 7 nitrogen and oxygen atoms in total. The number of nitrogens with one attached hydrogen (secondary N) is 2. The molecule has 0 amide bonds. The maximum atomic E-state index is 13.3. The quantitative estimate of drug-likeness (QED) is 0.493. The molecule has 0 unspecified atom stereocenters. The summed E-state index contributed by atoms with van der Waals surface area (Å²) in [5.74, 6) is 0.961. The predicted molar refractivity (Wildman–Crippen MR) is 125 cm³/mol. The number of rotatable bonds is 6. The second-order valence-electron chi connectivity index (χ2n) is 8.41. The van der Waals surface area contributed by atoms with Gasteiger partial charge >= 0.3 is 0 Å². The van der Waals surface area contributed by atoms with Crippen LogP contribution in [0.4, 0.5) is 16.8 Å². The third kappa shape index (κ3) is 4.51. The summed E-state index contributed by atoms with van der Waals surface area (Å²) in [7, 11) is -3.70. The normalized spacial score (nSPS) is 20.7. The van der Waals surface area contributed by atoms with Gasteiger partial charge in [-0.1, -0.05) is 18.2 Å². The van der Waals surface area contributed by atoms with E-state index in [4.69, 9.17) is 0 Å². The Hall–Kier alpha value is -2.49. The van der Waals surface area contributed by atoms with Crippen molar-refractivity contribution in [2.45, 2.75) is 66.9 Å². The average molecular weight is 471 g/mol. The first-order valence-corrected chi connectivity index (χ1v) is 13.3. The standard InChI is InChI=1S/C23H26N4O3S2/c28-16-11-9-15(10-12-16)24-21-13-18(32(29,30)17-5-2-1-3-6-17)14-22(26-21)27-23-25-19-7-4-8-20(19)31-23/h1-3,5-6,13-16,28H,4,7-12H2,(H2,24,25,26,27)/t15-,16-. The van der Waals surface area contributed by atoms with Crippen molar-refractivity contribution in [1.29, 1.82) is 0 Å². The van der Waals surface area contributed by atoms with Crippen molar-refractivity contribution in [3.05, 3.63) is 53.0 Å². The van der Waals surface area contributed by atoms with Gasteiger partial charge in [-0.3, -0.25) is 0 Å². The minimum atomic E-state index is -3.70. The summed E-state index contributed by atoms with van der Waals surface area (Å²) in [6.45, 7) is 0. The Labute approximate surface area is 191 Å². The van der Waals surface area contributed by atoms with E-state index in [1.807, 2.05) is 0 Å². The molecule has 2 aliphatic rings. The first-order chi connectivity index (χ1) is 15.5. The van der Waals surface area contributed by atoms with Gasteiger partial charge in [0.2, 0.25) is 9.84 Å². The van der Waals surface area contributed by atoms with Gasteiger partial charge in [0.05, 0.1) is 21.6 Å². The van der Waals surface area contributed by atoms with Gasteiger partial charge < -0.3 is 15.7 Å². The van der Waals surface area contributed by atoms with E-state index in [0.717, 1.165) is 55.8 Å². The molecular weight excluding hydrogens is 444 g/mol. The molecule has 0 spiro atoms. The lowest BCUT2D eigenvalue weighted by molar-refractivity contribution is 0.126. The summed E-state index contributed by atoms with van der Waals surface area (Å²) < 4.78 is 26.6. The minimum Gasteiger partial charge on any atom is -0.393 e. The van der Waals surface area contributed by atoms with Gasteiger partial charge in [0.1, 0.15) is 11.6 Å². The Bertz CT molecular complexity index is 1180. The third-order valence-electron chi connectivity index (χ3n) is 6.04. The van der Waals surface area contributed by atoms with Crippen LogP contribution in [0.1, 0.15) is 42.7 Å². The molecule has 0 atom stereocenters. The number of anilines is 3. The maximum Gasteiger partial charge on any atom is 0.206 e. The van der Waals surface area contributed by atoms with Gasteiger partial charge in [-0.15, -0.1) is 11.3 Å². The molecule has 9 heteroatoms. The zero-order valence-corrected chi connectivity index (χ0v) is 19.3. The maximum absolute atomic E-state index is 13.3. The van der Waals surface area contributed by atoms with Crippen molar-refractivity contribution in [3.63, 3.8) is 0 Å². The van der Waals surface area contributed by atoms with E-state index >= 15 is 0 Å². The van der Waals surface area contributed by atoms with E-state index in [2.05, 4.69) is 20.6 Å². The van der Waals surface area contributed by atoms with Gasteiger partial charge in [-0.25, -0.2) is 18.4 Å². The minimum absolute atomic E-state index is 0.150. The van der Waals surface area contributed by atoms with Crippen LogP contribution in [0.25, 0.3) is 0 Å². The summed E-state index contributed by atoms with van der Waals surface area (Å²) in [6.07, 6.45) is 6.03. The van der Waals surface area contributed by atoms with E-state index in [1.165, 1.54) is 4.88 Å². The number of benzene rings is 1. The van der Waals surface area contributed by atoms with E-state index < -0.39 is 9.84 Å². The lowest BCUT2D eigenvalue weighted by Crippen LogP contribution is -2.28. The smallest absolute Gasteiger partial charge is 0.206 e. The van der Waals surface area contributed by atoms with Crippen molar-refractivity contribution >= 4 is 37.9 Å². The molecule has 32 heavy (non-hydrogen) atoms. The molecule has 1 aromatic carbocycles. The number of fused-ring (bicyclic) bond motifs is 1. The van der Waals surface area contributed by atoms with Crippen LogP contribution < -0.4 is 10.6 Å². The highest BCUT2D eigenvalue weighted by molar-refractivity contribution is 7.91. The molecule has 1 fully saturated rings. The number of sulfone groups is 1. The summed E-state index contributed by atoms with van der Waals surface area (Å²) >= 11 is 1.61. The summed E-state index contributed by atoms with van der Waals surface area (Å²) in [4.78, 5) is 11.0. The fraction of sp³-hybridized carbons (Fsp3) is 0.391. The molecule has 0 bridgehead atoms. The Morgan fingerprint density at radius 1 is 0.938 bits per heavy atom. The van der Waals surface area contributed by atoms with E-state index in [9.17, 15) is 13.5 Å². The number of aliphatic hydroxyl groups is 1. The SMILES string of the molecule is O=S(=O)(c1ccccc1)c1cc(Nc2nc3c(s2)CCC3)nc(N[C@H]2CC[C@H](O)CC2)c1. The van der Waals surface area contributed by atoms with Crippen molar-refractivity contribution in [2.24, 2.45) is 0 Å². The third-order valence-corrected chi connectivity index (χ3v) is 8.86. The molecular formula is C23H26N4O3S2. The number of nitrogens with zero attached hydrogens (tertiary/aromatic N) is 2. The highest BCUT2D eigenvalue weighted by Crippen LogP contribution is 2.33. The highest BCUT2D eigenvalue weighted by Gasteiger charge is 2.23. The number of aromatic nitrogens is 2. The Morgan fingerprint density at radius 3 is 2.44 bits per heavy atom. The fourth-order valence-electron chi connectivity index (χ4n) is 4.32. The van der Waals surface area contributed by atoms with Crippen LogP contribution in [0.15, 0.2) is 52.3 Å². The number of pyridine rings is 1. The molecule has 2 heterocycles. The average Bonchev–Trinajstić information content (AvgIpc) is 3.38. The van der Waals surface area contributed by atoms with Gasteiger partial charge in [0, 0.05) is 17.0 Å². The molecule has 2 aliphatic carbocycles. The van der Waals surface area contributed by atoms with Crippen LogP contribution >= 0.6 is 11.3 Å². The zero-order valence-electron chi connectivity index (χ0n) is 17.6. The molecule has 1 saturated carbocycles. The number of aryl methyl sites for hydroxylation is 2. The molecule has 168 valence electrons. The van der Waals surface area contributed by atoms with E-state index in [-0.39, 0.29) is 21.9 Å². The molecule has 0 aliphatic heterocycles. The predicted octanol–water partition coefficient (Wildman–Crippen LogP) is 4.32. The molecule has 3 N–H and O–H groups in total. The first kappa shape index (κ1) is 21.4. The Kier molecular flexibility index (Phi) is 5.88. The van der Waals surface area contributed by atoms with Gasteiger partial charge in [-0.2, -0.15) is 0 Å². The van der Waals surface area contributed by atoms with Crippen molar-refractivity contribution in [1.82, 2.24) is 9.97 Å². The highest BCUT2D eigenvalue weighted by atomic mass is 32.2. The van der Waals surface area contributed by atoms with Crippen molar-refractivity contribution in [3.8, 4) is 0 Å². The summed E-state index contributed by atoms with van der Waals surface area (Å²) in [5, 5.41) is 17.1. The summed E-state index contributed by atoms with van der Waals surface area (Å²) in [6, 6.07) is 11.8. The second kappa shape index (κ2) is 8.80. The van der Waals surface area contributed by atoms with E-state index in [0.29, 0.717) is 11.6 Å². The Balaban J connectivity index is 1.48. The number of hydrogen-bond donors (Lipinski definition) is 3. The zero-order chi connectivity index (χ0) is 22.1. The van der Waals surface area contributed by atoms with E-state index in [1.54, 1.807) is 53.8 Å². The van der Waals surface area contributed by atoms with Crippen LogP contribution in [0.2, 0.25) is 0 Å². The van der Waals surface area contributed by atoms with Gasteiger partial charge in [0.25, 0.3) is 0 Å². The molecule has 0 radical (unpaired) electrons. The topological polar surface area (TPSA) is 104 Å². The fourth-order valence-corrected chi connectivity index (χ4v) is 6.69. The number of aliphatic hydroxyl groups excluding tert-OH is 1. The first-order valence-electron chi connectivity index (χ1n) is 11.0. The van der Waals surface area contributed by atoms with Crippen molar-refractivity contribution in [2.75, 3.05) is 10.6 Å². The summed E-state index contributed by atoms with van der Waals surface area (Å²) in [5.41, 5.74) is 1.13. The number of hydrogen-bond acceptors (Lipinski definition) is 8. The molecule has 5 rings (SSSR count). The van der Waals surface area contributed by atoms with Crippen LogP contribution in [0, 0.1) is 0 Å². The molecule has 2 aromatic heterocycles.